The van der Waals surface area contributed by atoms with Crippen LogP contribution >= 0.6 is 0 Å². The molecule has 0 radical (unpaired) electrons. The van der Waals surface area contributed by atoms with E-state index in [9.17, 15) is 4.39 Å². The number of aryl methyl sites for hydroxylation is 1. The Kier molecular flexibility index (Phi) is 3.05. The van der Waals surface area contributed by atoms with Gasteiger partial charge in [0.15, 0.2) is 5.82 Å². The van der Waals surface area contributed by atoms with E-state index in [-0.39, 0.29) is 11.4 Å². The Morgan fingerprint density at radius 1 is 1.32 bits per heavy atom. The van der Waals surface area contributed by atoms with Crippen molar-refractivity contribution >= 4 is 11.0 Å². The van der Waals surface area contributed by atoms with Gasteiger partial charge in [-0.1, -0.05) is 25.3 Å². The first kappa shape index (κ1) is 12.6. The van der Waals surface area contributed by atoms with E-state index in [2.05, 4.69) is 16.5 Å². The third-order valence-electron chi connectivity index (χ3n) is 4.24. The fourth-order valence-electron chi connectivity index (χ4n) is 3.22. The van der Waals surface area contributed by atoms with Gasteiger partial charge in [0.1, 0.15) is 11.3 Å². The lowest BCUT2D eigenvalue weighted by atomic mass is 9.82. The monoisotopic (exact) mass is 261 g/mol. The molecule has 1 heterocycles. The lowest BCUT2D eigenvalue weighted by molar-refractivity contribution is 0.279. The van der Waals surface area contributed by atoms with Crippen molar-refractivity contribution in [1.82, 2.24) is 9.55 Å². The van der Waals surface area contributed by atoms with Crippen LogP contribution in [-0.4, -0.2) is 9.55 Å². The molecule has 0 atom stereocenters. The lowest BCUT2D eigenvalue weighted by Gasteiger charge is -2.33. The second kappa shape index (κ2) is 4.60. The van der Waals surface area contributed by atoms with E-state index in [1.165, 1.54) is 12.5 Å². The summed E-state index contributed by atoms with van der Waals surface area (Å²) in [6, 6.07) is 5.12. The molecule has 3 nitrogen and oxygen atoms in total. The van der Waals surface area contributed by atoms with E-state index in [1.54, 1.807) is 6.07 Å². The van der Waals surface area contributed by atoms with Crippen molar-refractivity contribution < 1.29 is 4.39 Å². The maximum Gasteiger partial charge on any atom is 0.151 e. The van der Waals surface area contributed by atoms with Crippen molar-refractivity contribution in [1.29, 1.82) is 0 Å². The molecular formula is C15H20FN3. The minimum Gasteiger partial charge on any atom is -0.327 e. The maximum atomic E-state index is 13.9. The number of halogens is 1. The molecule has 4 heteroatoms. The van der Waals surface area contributed by atoms with Gasteiger partial charge in [-0.15, -0.1) is 0 Å². The SMILES string of the molecule is CCn1c(C2(N)CCCCC2)nc2c(F)cccc21. The van der Waals surface area contributed by atoms with E-state index < -0.39 is 0 Å². The van der Waals surface area contributed by atoms with E-state index in [0.29, 0.717) is 5.52 Å². The number of para-hydroxylation sites is 1. The maximum absolute atomic E-state index is 13.9. The zero-order chi connectivity index (χ0) is 13.5. The predicted octanol–water partition coefficient (Wildman–Crippen LogP) is 3.31. The normalized spacial score (nSPS) is 18.9. The standard InChI is InChI=1S/C15H20FN3/c1-2-19-12-8-6-7-11(16)13(12)18-14(19)15(17)9-4-3-5-10-15/h6-8H,2-5,9-10,17H2,1H3. The van der Waals surface area contributed by atoms with Crippen molar-refractivity contribution in [2.24, 2.45) is 5.73 Å². The van der Waals surface area contributed by atoms with Crippen LogP contribution in [0.5, 0.6) is 0 Å². The van der Waals surface area contributed by atoms with E-state index >= 15 is 0 Å². The summed E-state index contributed by atoms with van der Waals surface area (Å²) < 4.78 is 16.0. The molecule has 0 unspecified atom stereocenters. The van der Waals surface area contributed by atoms with Crippen LogP contribution in [0.1, 0.15) is 44.9 Å². The predicted molar refractivity (Wildman–Crippen MR) is 74.3 cm³/mol. The molecule has 0 aliphatic heterocycles. The van der Waals surface area contributed by atoms with Crippen LogP contribution in [0.2, 0.25) is 0 Å². The molecule has 102 valence electrons. The van der Waals surface area contributed by atoms with Gasteiger partial charge in [-0.3, -0.25) is 0 Å². The number of benzene rings is 1. The number of hydrogen-bond donors (Lipinski definition) is 1. The van der Waals surface area contributed by atoms with Crippen LogP contribution in [-0.2, 0) is 12.1 Å². The molecule has 2 N–H and O–H groups in total. The summed E-state index contributed by atoms with van der Waals surface area (Å²) in [5, 5.41) is 0. The van der Waals surface area contributed by atoms with Gasteiger partial charge in [0.05, 0.1) is 11.1 Å². The summed E-state index contributed by atoms with van der Waals surface area (Å²) in [4.78, 5) is 4.54. The number of hydrogen-bond acceptors (Lipinski definition) is 2. The van der Waals surface area contributed by atoms with Gasteiger partial charge in [-0.2, -0.15) is 0 Å². The summed E-state index contributed by atoms with van der Waals surface area (Å²) in [5.74, 6) is 0.597. The van der Waals surface area contributed by atoms with Crippen LogP contribution < -0.4 is 5.73 Å². The van der Waals surface area contributed by atoms with Gasteiger partial charge in [0.2, 0.25) is 0 Å². The first-order valence-electron chi connectivity index (χ1n) is 7.10. The molecule has 0 bridgehead atoms. The van der Waals surface area contributed by atoms with Crippen molar-refractivity contribution in [2.45, 2.75) is 51.1 Å². The number of aromatic nitrogens is 2. The van der Waals surface area contributed by atoms with Crippen LogP contribution in [0.15, 0.2) is 18.2 Å². The average Bonchev–Trinajstić information content (AvgIpc) is 2.80. The minimum absolute atomic E-state index is 0.259. The molecule has 1 aromatic heterocycles. The van der Waals surface area contributed by atoms with E-state index in [0.717, 1.165) is 43.6 Å². The smallest absolute Gasteiger partial charge is 0.151 e. The highest BCUT2D eigenvalue weighted by Crippen LogP contribution is 2.36. The van der Waals surface area contributed by atoms with Gasteiger partial charge < -0.3 is 10.3 Å². The molecular weight excluding hydrogens is 241 g/mol. The Morgan fingerprint density at radius 3 is 2.74 bits per heavy atom. The zero-order valence-electron chi connectivity index (χ0n) is 11.3. The second-order valence-corrected chi connectivity index (χ2v) is 5.50. The lowest BCUT2D eigenvalue weighted by Crippen LogP contribution is -2.41. The Balaban J connectivity index is 2.20. The van der Waals surface area contributed by atoms with Crippen molar-refractivity contribution in [3.63, 3.8) is 0 Å². The summed E-state index contributed by atoms with van der Waals surface area (Å²) >= 11 is 0. The fraction of sp³-hybridized carbons (Fsp3) is 0.533. The van der Waals surface area contributed by atoms with Crippen molar-refractivity contribution in [3.05, 3.63) is 29.8 Å². The number of nitrogens with zero attached hydrogens (tertiary/aromatic N) is 2. The quantitative estimate of drug-likeness (QED) is 0.901. The van der Waals surface area contributed by atoms with Gasteiger partial charge in [0, 0.05) is 6.54 Å². The highest BCUT2D eigenvalue weighted by Gasteiger charge is 2.34. The Labute approximate surface area is 112 Å². The molecule has 1 aliphatic carbocycles. The van der Waals surface area contributed by atoms with Gasteiger partial charge in [0.25, 0.3) is 0 Å². The Morgan fingerprint density at radius 2 is 2.05 bits per heavy atom. The average molecular weight is 261 g/mol. The fourth-order valence-corrected chi connectivity index (χ4v) is 3.22. The number of rotatable bonds is 2. The molecule has 3 rings (SSSR count). The van der Waals surface area contributed by atoms with Crippen LogP contribution in [0.3, 0.4) is 0 Å². The van der Waals surface area contributed by atoms with Crippen molar-refractivity contribution in [2.75, 3.05) is 0 Å². The van der Waals surface area contributed by atoms with Crippen LogP contribution in [0, 0.1) is 5.82 Å². The second-order valence-electron chi connectivity index (χ2n) is 5.50. The van der Waals surface area contributed by atoms with Crippen LogP contribution in [0.4, 0.5) is 4.39 Å². The number of nitrogens with two attached hydrogens (primary N) is 1. The molecule has 1 fully saturated rings. The largest absolute Gasteiger partial charge is 0.327 e. The topological polar surface area (TPSA) is 43.8 Å². The van der Waals surface area contributed by atoms with Crippen LogP contribution in [0.25, 0.3) is 11.0 Å². The molecule has 0 saturated heterocycles. The number of imidazole rings is 1. The first-order chi connectivity index (χ1) is 9.15. The summed E-state index contributed by atoms with van der Waals surface area (Å²) in [6.07, 6.45) is 5.38. The zero-order valence-corrected chi connectivity index (χ0v) is 11.3. The Hall–Kier alpha value is -1.42. The molecule has 1 aromatic carbocycles. The van der Waals surface area contributed by atoms with Crippen molar-refractivity contribution in [3.8, 4) is 0 Å². The highest BCUT2D eigenvalue weighted by molar-refractivity contribution is 5.77. The van der Waals surface area contributed by atoms with E-state index in [4.69, 9.17) is 5.73 Å². The third-order valence-corrected chi connectivity index (χ3v) is 4.24. The number of fused-ring (bicyclic) bond motifs is 1. The molecule has 2 aromatic rings. The van der Waals surface area contributed by atoms with Gasteiger partial charge in [-0.05, 0) is 31.9 Å². The summed E-state index contributed by atoms with van der Waals surface area (Å²) in [6.45, 7) is 2.83. The van der Waals surface area contributed by atoms with Gasteiger partial charge >= 0.3 is 0 Å². The molecule has 1 aliphatic rings. The third kappa shape index (κ3) is 1.94. The minimum atomic E-state index is -0.389. The molecule has 19 heavy (non-hydrogen) atoms. The summed E-state index contributed by atoms with van der Waals surface area (Å²) in [7, 11) is 0. The van der Waals surface area contributed by atoms with E-state index in [1.807, 2.05) is 6.07 Å². The highest BCUT2D eigenvalue weighted by atomic mass is 19.1. The molecule has 0 spiro atoms. The molecule has 0 amide bonds. The molecule has 1 saturated carbocycles. The summed E-state index contributed by atoms with van der Waals surface area (Å²) in [5.41, 5.74) is 7.48. The van der Waals surface area contributed by atoms with Gasteiger partial charge in [-0.25, -0.2) is 9.37 Å². The first-order valence-corrected chi connectivity index (χ1v) is 7.10. The Bertz CT molecular complexity index is 597.